The molecule has 0 aromatic heterocycles. The molecule has 1 aromatic carbocycles. The van der Waals surface area contributed by atoms with Crippen molar-refractivity contribution in [1.29, 1.82) is 0 Å². The van der Waals surface area contributed by atoms with Gasteiger partial charge in [0, 0.05) is 32.2 Å². The van der Waals surface area contributed by atoms with E-state index >= 15 is 0 Å². The third kappa shape index (κ3) is 5.71. The van der Waals surface area contributed by atoms with Crippen LogP contribution in [0.5, 0.6) is 0 Å². The van der Waals surface area contributed by atoms with Gasteiger partial charge in [-0.3, -0.25) is 14.6 Å². The van der Waals surface area contributed by atoms with Gasteiger partial charge in [0.15, 0.2) is 9.84 Å². The third-order valence-corrected chi connectivity index (χ3v) is 7.05. The number of hydrogen-bond acceptors (Lipinski definition) is 5. The number of carbonyl (C=O) groups is 1. The number of nitrogens with one attached hydrogen (secondary N) is 1. The first-order chi connectivity index (χ1) is 13.3. The predicted molar refractivity (Wildman–Crippen MR) is 103 cm³/mol. The van der Waals surface area contributed by atoms with Crippen molar-refractivity contribution < 1.29 is 22.0 Å². The Morgan fingerprint density at radius 1 is 1.07 bits per heavy atom. The van der Waals surface area contributed by atoms with Gasteiger partial charge >= 0.3 is 0 Å². The summed E-state index contributed by atoms with van der Waals surface area (Å²) in [7, 11) is -3.04. The van der Waals surface area contributed by atoms with Crippen LogP contribution in [0.4, 0.5) is 8.78 Å². The summed E-state index contributed by atoms with van der Waals surface area (Å²) >= 11 is 0. The summed E-state index contributed by atoms with van der Waals surface area (Å²) in [6.07, 6.45) is -1.08. The summed E-state index contributed by atoms with van der Waals surface area (Å²) < 4.78 is 48.6. The Bertz CT molecular complexity index is 739. The highest BCUT2D eigenvalue weighted by atomic mass is 32.2. The zero-order valence-electron chi connectivity index (χ0n) is 15.8. The van der Waals surface area contributed by atoms with Crippen molar-refractivity contribution in [1.82, 2.24) is 15.1 Å². The number of carbonyl (C=O) groups excluding carboxylic acids is 1. The summed E-state index contributed by atoms with van der Waals surface area (Å²) in [6, 6.07) is 8.74. The molecule has 2 saturated heterocycles. The van der Waals surface area contributed by atoms with Gasteiger partial charge in [-0.05, 0) is 18.4 Å². The SMILES string of the molecule is O=C(NC1CCN(CC(F)F)CC1)C(c1ccccc1)N1CCS(=O)(=O)CC1. The molecule has 0 aliphatic carbocycles. The standard InChI is InChI=1S/C19H27F2N3O3S/c20-17(21)14-23-8-6-16(7-9-23)22-19(25)18(15-4-2-1-3-5-15)24-10-12-28(26,27)13-11-24/h1-5,16-18H,6-14H2,(H,22,25). The normalized spacial score (nSPS) is 22.8. The Balaban J connectivity index is 1.65. The van der Waals surface area contributed by atoms with Crippen molar-refractivity contribution >= 4 is 15.7 Å². The smallest absolute Gasteiger partial charge is 0.251 e. The largest absolute Gasteiger partial charge is 0.352 e. The van der Waals surface area contributed by atoms with Gasteiger partial charge in [0.1, 0.15) is 6.04 Å². The number of nitrogens with zero attached hydrogens (tertiary/aromatic N) is 2. The lowest BCUT2D eigenvalue weighted by atomic mass is 10.0. The van der Waals surface area contributed by atoms with E-state index < -0.39 is 22.3 Å². The lowest BCUT2D eigenvalue weighted by Crippen LogP contribution is -2.51. The van der Waals surface area contributed by atoms with Gasteiger partial charge in [0.25, 0.3) is 6.43 Å². The second kappa shape index (κ2) is 9.28. The van der Waals surface area contributed by atoms with E-state index in [0.29, 0.717) is 39.0 Å². The molecular weight excluding hydrogens is 388 g/mol. The molecule has 1 unspecified atom stereocenters. The van der Waals surface area contributed by atoms with Crippen molar-refractivity contribution in [2.75, 3.05) is 44.2 Å². The molecule has 0 radical (unpaired) electrons. The van der Waals surface area contributed by atoms with Crippen LogP contribution < -0.4 is 5.32 Å². The highest BCUT2D eigenvalue weighted by Gasteiger charge is 2.34. The van der Waals surface area contributed by atoms with Crippen LogP contribution in [0.1, 0.15) is 24.4 Å². The lowest BCUT2D eigenvalue weighted by Gasteiger charge is -2.36. The topological polar surface area (TPSA) is 69.7 Å². The number of hydrogen-bond donors (Lipinski definition) is 1. The maximum atomic E-state index is 13.1. The van der Waals surface area contributed by atoms with Crippen molar-refractivity contribution in [2.24, 2.45) is 0 Å². The van der Waals surface area contributed by atoms with Crippen LogP contribution in [0.25, 0.3) is 0 Å². The minimum absolute atomic E-state index is 0.0512. The van der Waals surface area contributed by atoms with Gasteiger partial charge in [-0.2, -0.15) is 0 Å². The van der Waals surface area contributed by atoms with Crippen LogP contribution in [-0.4, -0.2) is 80.8 Å². The van der Waals surface area contributed by atoms with Crippen LogP contribution in [0.3, 0.4) is 0 Å². The Morgan fingerprint density at radius 2 is 1.68 bits per heavy atom. The van der Waals surface area contributed by atoms with Crippen LogP contribution in [0.2, 0.25) is 0 Å². The quantitative estimate of drug-likeness (QED) is 0.759. The van der Waals surface area contributed by atoms with E-state index in [9.17, 15) is 22.0 Å². The zero-order chi connectivity index (χ0) is 20.1. The molecular formula is C19H27F2N3O3S. The van der Waals surface area contributed by atoms with Crippen molar-refractivity contribution in [2.45, 2.75) is 31.4 Å². The molecule has 0 spiro atoms. The molecule has 1 atom stereocenters. The van der Waals surface area contributed by atoms with Gasteiger partial charge in [-0.25, -0.2) is 17.2 Å². The number of likely N-dealkylation sites (tertiary alicyclic amines) is 1. The van der Waals surface area contributed by atoms with Crippen molar-refractivity contribution in [3.05, 3.63) is 35.9 Å². The second-order valence-electron chi connectivity index (χ2n) is 7.48. The first kappa shape index (κ1) is 21.1. The Kier molecular flexibility index (Phi) is 7.00. The summed E-state index contributed by atoms with van der Waals surface area (Å²) in [4.78, 5) is 16.7. The molecule has 156 valence electrons. The lowest BCUT2D eigenvalue weighted by molar-refractivity contribution is -0.127. The van der Waals surface area contributed by atoms with E-state index in [2.05, 4.69) is 5.32 Å². The number of alkyl halides is 2. The molecule has 1 aromatic rings. The number of piperidine rings is 1. The van der Waals surface area contributed by atoms with Crippen LogP contribution in [-0.2, 0) is 14.6 Å². The molecule has 1 N–H and O–H groups in total. The molecule has 2 fully saturated rings. The van der Waals surface area contributed by atoms with E-state index in [1.807, 2.05) is 35.2 Å². The van der Waals surface area contributed by atoms with E-state index in [0.717, 1.165) is 5.56 Å². The van der Waals surface area contributed by atoms with Crippen LogP contribution >= 0.6 is 0 Å². The monoisotopic (exact) mass is 415 g/mol. The molecule has 28 heavy (non-hydrogen) atoms. The van der Waals surface area contributed by atoms with Crippen LogP contribution in [0.15, 0.2) is 30.3 Å². The highest BCUT2D eigenvalue weighted by molar-refractivity contribution is 7.91. The summed E-state index contributed by atoms with van der Waals surface area (Å²) in [6.45, 7) is 1.49. The molecule has 3 rings (SSSR count). The zero-order valence-corrected chi connectivity index (χ0v) is 16.6. The van der Waals surface area contributed by atoms with E-state index in [1.54, 1.807) is 4.90 Å². The maximum absolute atomic E-state index is 13.1. The second-order valence-corrected chi connectivity index (χ2v) is 9.78. The first-order valence-electron chi connectivity index (χ1n) is 9.64. The van der Waals surface area contributed by atoms with Gasteiger partial charge in [0.2, 0.25) is 5.91 Å². The molecule has 2 heterocycles. The number of sulfone groups is 1. The van der Waals surface area contributed by atoms with E-state index in [4.69, 9.17) is 0 Å². The minimum atomic E-state index is -3.04. The molecule has 0 bridgehead atoms. The molecule has 6 nitrogen and oxygen atoms in total. The number of benzene rings is 1. The van der Waals surface area contributed by atoms with Gasteiger partial charge in [-0.15, -0.1) is 0 Å². The summed E-state index contributed by atoms with van der Waals surface area (Å²) in [5.41, 5.74) is 0.828. The fourth-order valence-electron chi connectivity index (χ4n) is 3.88. The fourth-order valence-corrected chi connectivity index (χ4v) is 5.11. The Labute approximate surface area is 164 Å². The number of amides is 1. The van der Waals surface area contributed by atoms with Crippen molar-refractivity contribution in [3.63, 3.8) is 0 Å². The number of rotatable bonds is 6. The average Bonchev–Trinajstić information content (AvgIpc) is 2.65. The van der Waals surface area contributed by atoms with E-state index in [1.165, 1.54) is 0 Å². The molecule has 1 amide bonds. The Hall–Kier alpha value is -1.58. The Morgan fingerprint density at radius 3 is 2.25 bits per heavy atom. The van der Waals surface area contributed by atoms with Gasteiger partial charge in [-0.1, -0.05) is 30.3 Å². The van der Waals surface area contributed by atoms with Gasteiger partial charge < -0.3 is 5.32 Å². The fraction of sp³-hybridized carbons (Fsp3) is 0.632. The van der Waals surface area contributed by atoms with Gasteiger partial charge in [0.05, 0.1) is 18.1 Å². The molecule has 2 aliphatic heterocycles. The van der Waals surface area contributed by atoms with Crippen LogP contribution in [0, 0.1) is 0 Å². The summed E-state index contributed by atoms with van der Waals surface area (Å²) in [5, 5.41) is 3.07. The number of halogens is 2. The molecule has 0 saturated carbocycles. The molecule has 9 heteroatoms. The minimum Gasteiger partial charge on any atom is -0.352 e. The predicted octanol–water partition coefficient (Wildman–Crippen LogP) is 1.30. The molecule has 2 aliphatic rings. The maximum Gasteiger partial charge on any atom is 0.251 e. The first-order valence-corrected chi connectivity index (χ1v) is 11.5. The third-order valence-electron chi connectivity index (χ3n) is 5.44. The summed E-state index contributed by atoms with van der Waals surface area (Å²) in [5.74, 6) is -0.0524. The highest BCUT2D eigenvalue weighted by Crippen LogP contribution is 2.24. The average molecular weight is 416 g/mol. The van der Waals surface area contributed by atoms with Crippen molar-refractivity contribution in [3.8, 4) is 0 Å². The van der Waals surface area contributed by atoms with E-state index in [-0.39, 0.29) is 30.0 Å².